The molecule has 0 spiro atoms. The van der Waals surface area contributed by atoms with Crippen molar-refractivity contribution in [2.75, 3.05) is 13.7 Å². The summed E-state index contributed by atoms with van der Waals surface area (Å²) in [6.45, 7) is 6.71. The molecule has 0 aliphatic heterocycles. The second-order valence-corrected chi connectivity index (χ2v) is 5.21. The molecule has 0 aliphatic rings. The van der Waals surface area contributed by atoms with Crippen molar-refractivity contribution < 1.29 is 14.6 Å². The first-order valence-corrected chi connectivity index (χ1v) is 6.72. The van der Waals surface area contributed by atoms with Crippen molar-refractivity contribution in [1.29, 1.82) is 0 Å². The number of halogens is 1. The highest BCUT2D eigenvalue weighted by Crippen LogP contribution is 2.36. The van der Waals surface area contributed by atoms with Crippen LogP contribution in [0, 0.1) is 0 Å². The standard InChI is InChI=1S/C14H22ClNO3/c1-9(2)16-7-11-5-12(15)14(13(6-11)18-4)19-8-10(3)17/h5-6,9-10,16-17H,7-8H2,1-4H3. The molecule has 19 heavy (non-hydrogen) atoms. The first-order valence-electron chi connectivity index (χ1n) is 6.34. The molecular formula is C14H22ClNO3. The Labute approximate surface area is 119 Å². The summed E-state index contributed by atoms with van der Waals surface area (Å²) in [4.78, 5) is 0. The van der Waals surface area contributed by atoms with Crippen molar-refractivity contribution in [3.05, 3.63) is 22.7 Å². The maximum absolute atomic E-state index is 9.25. The van der Waals surface area contributed by atoms with Gasteiger partial charge in [0.05, 0.1) is 18.2 Å². The predicted molar refractivity (Wildman–Crippen MR) is 77.2 cm³/mol. The molecule has 108 valence electrons. The van der Waals surface area contributed by atoms with E-state index in [0.717, 1.165) is 5.56 Å². The van der Waals surface area contributed by atoms with Crippen molar-refractivity contribution >= 4 is 11.6 Å². The van der Waals surface area contributed by atoms with Crippen LogP contribution in [0.5, 0.6) is 11.5 Å². The number of methoxy groups -OCH3 is 1. The molecule has 0 heterocycles. The molecule has 4 nitrogen and oxygen atoms in total. The molecule has 5 heteroatoms. The molecule has 0 fully saturated rings. The summed E-state index contributed by atoms with van der Waals surface area (Å²) in [6, 6.07) is 4.13. The van der Waals surface area contributed by atoms with Gasteiger partial charge in [0.25, 0.3) is 0 Å². The molecule has 2 N–H and O–H groups in total. The number of rotatable bonds is 7. The van der Waals surface area contributed by atoms with E-state index in [4.69, 9.17) is 21.1 Å². The van der Waals surface area contributed by atoms with Gasteiger partial charge in [-0.25, -0.2) is 0 Å². The minimum atomic E-state index is -0.553. The smallest absolute Gasteiger partial charge is 0.179 e. The highest BCUT2D eigenvalue weighted by atomic mass is 35.5. The molecule has 1 unspecified atom stereocenters. The average molecular weight is 288 g/mol. The monoisotopic (exact) mass is 287 g/mol. The summed E-state index contributed by atoms with van der Waals surface area (Å²) < 4.78 is 10.8. The first kappa shape index (κ1) is 16.1. The Bertz CT molecular complexity index is 408. The summed E-state index contributed by atoms with van der Waals surface area (Å²) in [7, 11) is 1.57. The normalized spacial score (nSPS) is 12.6. The van der Waals surface area contributed by atoms with E-state index in [-0.39, 0.29) is 6.61 Å². The van der Waals surface area contributed by atoms with Crippen molar-refractivity contribution in [1.82, 2.24) is 5.32 Å². The van der Waals surface area contributed by atoms with Crippen molar-refractivity contribution in [3.63, 3.8) is 0 Å². The van der Waals surface area contributed by atoms with Gasteiger partial charge in [-0.2, -0.15) is 0 Å². The van der Waals surface area contributed by atoms with Crippen LogP contribution in [-0.2, 0) is 6.54 Å². The topological polar surface area (TPSA) is 50.7 Å². The molecular weight excluding hydrogens is 266 g/mol. The fourth-order valence-corrected chi connectivity index (χ4v) is 1.83. The molecule has 1 atom stereocenters. The number of benzene rings is 1. The second-order valence-electron chi connectivity index (χ2n) is 4.80. The average Bonchev–Trinajstić information content (AvgIpc) is 2.34. The molecule has 1 aromatic carbocycles. The Morgan fingerprint density at radius 2 is 2.00 bits per heavy atom. The Morgan fingerprint density at radius 1 is 1.32 bits per heavy atom. The number of ether oxygens (including phenoxy) is 2. The van der Waals surface area contributed by atoms with Gasteiger partial charge in [-0.1, -0.05) is 25.4 Å². The Hall–Kier alpha value is -0.970. The lowest BCUT2D eigenvalue weighted by molar-refractivity contribution is 0.120. The summed E-state index contributed by atoms with van der Waals surface area (Å²) in [5, 5.41) is 13.1. The van der Waals surface area contributed by atoms with Crippen LogP contribution in [-0.4, -0.2) is 31.0 Å². The molecule has 0 aliphatic carbocycles. The maximum atomic E-state index is 9.25. The zero-order chi connectivity index (χ0) is 14.4. The van der Waals surface area contributed by atoms with Gasteiger partial charge in [-0.05, 0) is 24.6 Å². The lowest BCUT2D eigenvalue weighted by Gasteiger charge is -2.16. The highest BCUT2D eigenvalue weighted by molar-refractivity contribution is 6.32. The van der Waals surface area contributed by atoms with Crippen LogP contribution < -0.4 is 14.8 Å². The van der Waals surface area contributed by atoms with E-state index in [9.17, 15) is 5.11 Å². The highest BCUT2D eigenvalue weighted by Gasteiger charge is 2.13. The van der Waals surface area contributed by atoms with Gasteiger partial charge in [0.15, 0.2) is 11.5 Å². The van der Waals surface area contributed by atoms with E-state index in [1.165, 1.54) is 0 Å². The maximum Gasteiger partial charge on any atom is 0.179 e. The summed E-state index contributed by atoms with van der Waals surface area (Å²) in [5.74, 6) is 1.05. The van der Waals surface area contributed by atoms with E-state index < -0.39 is 6.10 Å². The quantitative estimate of drug-likeness (QED) is 0.809. The van der Waals surface area contributed by atoms with Gasteiger partial charge in [0, 0.05) is 12.6 Å². The van der Waals surface area contributed by atoms with Gasteiger partial charge in [-0.15, -0.1) is 0 Å². The lowest BCUT2D eigenvalue weighted by Crippen LogP contribution is -2.21. The van der Waals surface area contributed by atoms with Crippen LogP contribution in [0.2, 0.25) is 5.02 Å². The van der Waals surface area contributed by atoms with Crippen LogP contribution in [0.1, 0.15) is 26.3 Å². The molecule has 0 amide bonds. The number of aliphatic hydroxyl groups excluding tert-OH is 1. The third kappa shape index (κ3) is 5.27. The minimum Gasteiger partial charge on any atom is -0.493 e. The second kappa shape index (κ2) is 7.58. The predicted octanol–water partition coefficient (Wildman–Crippen LogP) is 2.61. The lowest BCUT2D eigenvalue weighted by atomic mass is 10.2. The van der Waals surface area contributed by atoms with Gasteiger partial charge < -0.3 is 19.9 Å². The van der Waals surface area contributed by atoms with E-state index in [2.05, 4.69) is 19.2 Å². The van der Waals surface area contributed by atoms with Crippen LogP contribution in [0.4, 0.5) is 0 Å². The van der Waals surface area contributed by atoms with Crippen molar-refractivity contribution in [2.24, 2.45) is 0 Å². The largest absolute Gasteiger partial charge is 0.493 e. The Kier molecular flexibility index (Phi) is 6.42. The van der Waals surface area contributed by atoms with Gasteiger partial charge in [-0.3, -0.25) is 0 Å². The van der Waals surface area contributed by atoms with Crippen molar-refractivity contribution in [2.45, 2.75) is 39.5 Å². The number of hydrogen-bond donors (Lipinski definition) is 2. The van der Waals surface area contributed by atoms with E-state index in [1.54, 1.807) is 14.0 Å². The van der Waals surface area contributed by atoms with E-state index in [1.807, 2.05) is 12.1 Å². The summed E-state index contributed by atoms with van der Waals surface area (Å²) in [6.07, 6.45) is -0.553. The minimum absolute atomic E-state index is 0.180. The Morgan fingerprint density at radius 3 is 2.53 bits per heavy atom. The van der Waals surface area contributed by atoms with Crippen LogP contribution in [0.15, 0.2) is 12.1 Å². The number of hydrogen-bond acceptors (Lipinski definition) is 4. The van der Waals surface area contributed by atoms with Gasteiger partial charge in [0.2, 0.25) is 0 Å². The molecule has 0 saturated carbocycles. The first-order chi connectivity index (χ1) is 8.93. The molecule has 0 radical (unpaired) electrons. The van der Waals surface area contributed by atoms with Crippen LogP contribution >= 0.6 is 11.6 Å². The summed E-state index contributed by atoms with van der Waals surface area (Å²) >= 11 is 6.20. The fraction of sp³-hybridized carbons (Fsp3) is 0.571. The van der Waals surface area contributed by atoms with Crippen LogP contribution in [0.25, 0.3) is 0 Å². The van der Waals surface area contributed by atoms with Crippen LogP contribution in [0.3, 0.4) is 0 Å². The number of aliphatic hydroxyl groups is 1. The fourth-order valence-electron chi connectivity index (χ4n) is 1.54. The Balaban J connectivity index is 2.87. The molecule has 0 saturated heterocycles. The molecule has 0 bridgehead atoms. The van der Waals surface area contributed by atoms with Gasteiger partial charge >= 0.3 is 0 Å². The zero-order valence-corrected chi connectivity index (χ0v) is 12.6. The van der Waals surface area contributed by atoms with E-state index in [0.29, 0.717) is 29.1 Å². The zero-order valence-electron chi connectivity index (χ0n) is 11.9. The SMILES string of the molecule is COc1cc(CNC(C)C)cc(Cl)c1OCC(C)O. The third-order valence-electron chi connectivity index (χ3n) is 2.47. The third-order valence-corrected chi connectivity index (χ3v) is 2.75. The van der Waals surface area contributed by atoms with E-state index >= 15 is 0 Å². The molecule has 1 aromatic rings. The molecule has 0 aromatic heterocycles. The summed E-state index contributed by atoms with van der Waals surface area (Å²) in [5.41, 5.74) is 1.03. The molecule has 1 rings (SSSR count). The van der Waals surface area contributed by atoms with Crippen molar-refractivity contribution in [3.8, 4) is 11.5 Å². The van der Waals surface area contributed by atoms with Gasteiger partial charge in [0.1, 0.15) is 6.61 Å². The number of nitrogens with one attached hydrogen (secondary N) is 1.